The molecule has 0 aliphatic heterocycles. The van der Waals surface area contributed by atoms with Crippen molar-refractivity contribution in [1.82, 2.24) is 10.6 Å². The van der Waals surface area contributed by atoms with Gasteiger partial charge in [0.1, 0.15) is 5.76 Å². The van der Waals surface area contributed by atoms with E-state index in [-0.39, 0.29) is 12.6 Å². The molecule has 112 valence electrons. The highest BCUT2D eigenvalue weighted by molar-refractivity contribution is 5.79. The lowest BCUT2D eigenvalue weighted by Gasteiger charge is -2.20. The molecule has 0 aliphatic rings. The monoisotopic (exact) mass is 284 g/mol. The Balaban J connectivity index is 2.26. The van der Waals surface area contributed by atoms with Crippen molar-refractivity contribution in [2.24, 2.45) is 0 Å². The second-order valence-corrected chi connectivity index (χ2v) is 4.93. The molecule has 1 heterocycles. The van der Waals surface area contributed by atoms with Crippen LogP contribution in [0.15, 0.2) is 22.8 Å². The molecule has 7 nitrogen and oxygen atoms in total. The van der Waals surface area contributed by atoms with E-state index >= 15 is 0 Å². The molecule has 7 heteroatoms. The number of carbonyl (C=O) groups is 2. The minimum atomic E-state index is -1.98. The van der Waals surface area contributed by atoms with Crippen LogP contribution < -0.4 is 10.6 Å². The maximum absolute atomic E-state index is 11.5. The zero-order valence-electron chi connectivity index (χ0n) is 11.5. The summed E-state index contributed by atoms with van der Waals surface area (Å²) >= 11 is 0. The third-order valence-corrected chi connectivity index (χ3v) is 2.84. The first kappa shape index (κ1) is 16.0. The molecule has 1 aromatic heterocycles. The standard InChI is InChI=1S/C13H20N2O5/c1-9(5-6-10-4-3-7-20-10)15-12(18)14-8-13(2,19)11(16)17/h3-4,7,9,19H,5-6,8H2,1-2H3,(H,16,17)(H2,14,15,18). The first-order valence-corrected chi connectivity index (χ1v) is 6.34. The summed E-state index contributed by atoms with van der Waals surface area (Å²) in [5.74, 6) is -0.545. The minimum absolute atomic E-state index is 0.102. The van der Waals surface area contributed by atoms with E-state index in [1.807, 2.05) is 13.0 Å². The third-order valence-electron chi connectivity index (χ3n) is 2.84. The van der Waals surface area contributed by atoms with Gasteiger partial charge in [0.2, 0.25) is 0 Å². The van der Waals surface area contributed by atoms with E-state index in [0.29, 0.717) is 12.8 Å². The zero-order valence-corrected chi connectivity index (χ0v) is 11.5. The maximum Gasteiger partial charge on any atom is 0.337 e. The summed E-state index contributed by atoms with van der Waals surface area (Å²) < 4.78 is 5.18. The van der Waals surface area contributed by atoms with Crippen LogP contribution in [0.1, 0.15) is 26.0 Å². The molecule has 2 amide bonds. The van der Waals surface area contributed by atoms with Crippen molar-refractivity contribution in [3.05, 3.63) is 24.2 Å². The van der Waals surface area contributed by atoms with Crippen LogP contribution in [0.2, 0.25) is 0 Å². The van der Waals surface area contributed by atoms with Gasteiger partial charge in [-0.1, -0.05) is 0 Å². The first-order valence-electron chi connectivity index (χ1n) is 6.34. The van der Waals surface area contributed by atoms with Gasteiger partial charge in [-0.2, -0.15) is 0 Å². The fourth-order valence-corrected chi connectivity index (χ4v) is 1.49. The minimum Gasteiger partial charge on any atom is -0.479 e. The van der Waals surface area contributed by atoms with Crippen molar-refractivity contribution in [2.75, 3.05) is 6.54 Å². The summed E-state index contributed by atoms with van der Waals surface area (Å²) in [5, 5.41) is 23.1. The molecule has 1 aromatic rings. The quantitative estimate of drug-likeness (QED) is 0.590. The lowest BCUT2D eigenvalue weighted by atomic mass is 10.1. The molecule has 0 bridgehead atoms. The fraction of sp³-hybridized carbons (Fsp3) is 0.538. The molecule has 2 atom stereocenters. The van der Waals surface area contributed by atoms with Crippen LogP contribution in [-0.4, -0.2) is 40.4 Å². The normalized spacial score (nSPS) is 15.2. The van der Waals surface area contributed by atoms with Gasteiger partial charge < -0.3 is 25.3 Å². The van der Waals surface area contributed by atoms with E-state index in [2.05, 4.69) is 10.6 Å². The van der Waals surface area contributed by atoms with E-state index in [9.17, 15) is 14.7 Å². The molecule has 0 aliphatic carbocycles. The number of rotatable bonds is 7. The van der Waals surface area contributed by atoms with Gasteiger partial charge in [0, 0.05) is 12.5 Å². The summed E-state index contributed by atoms with van der Waals surface area (Å²) in [4.78, 5) is 22.2. The van der Waals surface area contributed by atoms with Crippen molar-refractivity contribution >= 4 is 12.0 Å². The van der Waals surface area contributed by atoms with Crippen LogP contribution in [-0.2, 0) is 11.2 Å². The molecule has 4 N–H and O–H groups in total. The van der Waals surface area contributed by atoms with Crippen molar-refractivity contribution < 1.29 is 24.2 Å². The number of aliphatic hydroxyl groups is 1. The Hall–Kier alpha value is -2.02. The third kappa shape index (κ3) is 5.31. The van der Waals surface area contributed by atoms with Gasteiger partial charge in [-0.15, -0.1) is 0 Å². The summed E-state index contributed by atoms with van der Waals surface area (Å²) in [6, 6.07) is 3.04. The van der Waals surface area contributed by atoms with Crippen LogP contribution in [0.25, 0.3) is 0 Å². The van der Waals surface area contributed by atoms with Crippen LogP contribution in [0.5, 0.6) is 0 Å². The molecule has 0 fully saturated rings. The number of furan rings is 1. The summed E-state index contributed by atoms with van der Waals surface area (Å²) in [6.07, 6.45) is 2.98. The van der Waals surface area contributed by atoms with Gasteiger partial charge in [0.25, 0.3) is 0 Å². The number of hydrogen-bond donors (Lipinski definition) is 4. The van der Waals surface area contributed by atoms with Crippen LogP contribution >= 0.6 is 0 Å². The predicted molar refractivity (Wildman–Crippen MR) is 71.3 cm³/mol. The number of aryl methyl sites for hydroxylation is 1. The molecule has 0 saturated carbocycles. The van der Waals surface area contributed by atoms with Gasteiger partial charge in [0.05, 0.1) is 12.8 Å². The van der Waals surface area contributed by atoms with E-state index in [1.165, 1.54) is 0 Å². The topological polar surface area (TPSA) is 112 Å². The number of carbonyl (C=O) groups excluding carboxylic acids is 1. The van der Waals surface area contributed by atoms with Crippen molar-refractivity contribution in [1.29, 1.82) is 0 Å². The summed E-state index contributed by atoms with van der Waals surface area (Å²) in [6.45, 7) is 2.59. The highest BCUT2D eigenvalue weighted by atomic mass is 16.4. The van der Waals surface area contributed by atoms with Gasteiger partial charge >= 0.3 is 12.0 Å². The molecule has 0 aromatic carbocycles. The lowest BCUT2D eigenvalue weighted by molar-refractivity contribution is -0.155. The Labute approximate surface area is 117 Å². The first-order chi connectivity index (χ1) is 9.31. The van der Waals surface area contributed by atoms with Crippen molar-refractivity contribution in [3.8, 4) is 0 Å². The molecule has 0 radical (unpaired) electrons. The van der Waals surface area contributed by atoms with E-state index in [4.69, 9.17) is 9.52 Å². The number of amides is 2. The number of aliphatic carboxylic acids is 1. The van der Waals surface area contributed by atoms with Crippen LogP contribution in [0, 0.1) is 0 Å². The smallest absolute Gasteiger partial charge is 0.337 e. The molecule has 20 heavy (non-hydrogen) atoms. The average Bonchev–Trinajstić information content (AvgIpc) is 2.87. The summed E-state index contributed by atoms with van der Waals surface area (Å²) in [5.41, 5.74) is -1.98. The molecule has 0 spiro atoms. The molecule has 1 rings (SSSR count). The van der Waals surface area contributed by atoms with Gasteiger partial charge in [-0.3, -0.25) is 0 Å². The molecular formula is C13H20N2O5. The Morgan fingerprint density at radius 1 is 1.50 bits per heavy atom. The number of hydrogen-bond acceptors (Lipinski definition) is 4. The SMILES string of the molecule is CC(CCc1ccco1)NC(=O)NCC(C)(O)C(=O)O. The Bertz CT molecular complexity index is 442. The number of urea groups is 1. The Morgan fingerprint density at radius 2 is 2.20 bits per heavy atom. The number of carboxylic acid groups (broad SMARTS) is 1. The van der Waals surface area contributed by atoms with E-state index in [0.717, 1.165) is 12.7 Å². The highest BCUT2D eigenvalue weighted by Gasteiger charge is 2.30. The van der Waals surface area contributed by atoms with Gasteiger partial charge in [0.15, 0.2) is 5.60 Å². The number of nitrogens with one attached hydrogen (secondary N) is 2. The molecular weight excluding hydrogens is 264 g/mol. The lowest BCUT2D eigenvalue weighted by Crippen LogP contribution is -2.50. The van der Waals surface area contributed by atoms with E-state index < -0.39 is 17.6 Å². The molecule has 2 unspecified atom stereocenters. The zero-order chi connectivity index (χ0) is 15.2. The maximum atomic E-state index is 11.5. The van der Waals surface area contributed by atoms with Crippen LogP contribution in [0.3, 0.4) is 0 Å². The highest BCUT2D eigenvalue weighted by Crippen LogP contribution is 2.05. The average molecular weight is 284 g/mol. The van der Waals surface area contributed by atoms with Gasteiger partial charge in [-0.25, -0.2) is 9.59 Å². The van der Waals surface area contributed by atoms with Crippen LogP contribution in [0.4, 0.5) is 4.79 Å². The molecule has 0 saturated heterocycles. The number of carboxylic acids is 1. The van der Waals surface area contributed by atoms with E-state index in [1.54, 1.807) is 12.3 Å². The Morgan fingerprint density at radius 3 is 2.75 bits per heavy atom. The second-order valence-electron chi connectivity index (χ2n) is 4.93. The van der Waals surface area contributed by atoms with Crippen molar-refractivity contribution in [3.63, 3.8) is 0 Å². The van der Waals surface area contributed by atoms with Gasteiger partial charge in [-0.05, 0) is 32.4 Å². The van der Waals surface area contributed by atoms with Crippen molar-refractivity contribution in [2.45, 2.75) is 38.3 Å². The second kappa shape index (κ2) is 6.95. The predicted octanol–water partition coefficient (Wildman–Crippen LogP) is 0.736. The largest absolute Gasteiger partial charge is 0.479 e. The fourth-order valence-electron chi connectivity index (χ4n) is 1.49. The Kier molecular flexibility index (Phi) is 5.57. The summed E-state index contributed by atoms with van der Waals surface area (Å²) in [7, 11) is 0.